The van der Waals surface area contributed by atoms with Crippen molar-refractivity contribution in [2.24, 2.45) is 4.99 Å². The molecule has 0 bridgehead atoms. The van der Waals surface area contributed by atoms with Gasteiger partial charge >= 0.3 is 0 Å². The van der Waals surface area contributed by atoms with Gasteiger partial charge in [-0.2, -0.15) is 0 Å². The van der Waals surface area contributed by atoms with Gasteiger partial charge in [0.2, 0.25) is 0 Å². The molecule has 92 valence electrons. The van der Waals surface area contributed by atoms with Crippen LogP contribution in [-0.4, -0.2) is 25.4 Å². The Morgan fingerprint density at radius 2 is 1.89 bits per heavy atom. The first-order valence-electron chi connectivity index (χ1n) is 5.49. The van der Waals surface area contributed by atoms with Crippen LogP contribution in [0.5, 0.6) is 11.5 Å². The molecule has 0 fully saturated rings. The lowest BCUT2D eigenvalue weighted by molar-refractivity contribution is 0.413. The molecular weight excluding hydrogens is 228 g/mol. The third kappa shape index (κ3) is 3.07. The van der Waals surface area contributed by atoms with Crippen LogP contribution in [0.1, 0.15) is 5.56 Å². The first-order chi connectivity index (χ1) is 8.81. The van der Waals surface area contributed by atoms with Gasteiger partial charge in [-0.15, -0.1) is 0 Å². The standard InChI is InChI=1S/C14H14N2O2/c1-17-13-5-3-4-12(7-13)16-9-11-6-14(18-2)10-15-8-11/h3-10H,1-2H3/b16-9+. The van der Waals surface area contributed by atoms with Crippen molar-refractivity contribution in [3.8, 4) is 11.5 Å². The molecule has 4 nitrogen and oxygen atoms in total. The largest absolute Gasteiger partial charge is 0.497 e. The number of aliphatic imine (C=N–C) groups is 1. The molecule has 0 radical (unpaired) electrons. The van der Waals surface area contributed by atoms with E-state index >= 15 is 0 Å². The molecule has 0 saturated heterocycles. The van der Waals surface area contributed by atoms with E-state index in [1.807, 2.05) is 30.3 Å². The fraction of sp³-hybridized carbons (Fsp3) is 0.143. The summed E-state index contributed by atoms with van der Waals surface area (Å²) in [5.74, 6) is 1.50. The summed E-state index contributed by atoms with van der Waals surface area (Å²) in [5, 5.41) is 0. The van der Waals surface area contributed by atoms with Crippen molar-refractivity contribution in [1.82, 2.24) is 4.98 Å². The van der Waals surface area contributed by atoms with Crippen LogP contribution < -0.4 is 9.47 Å². The predicted octanol–water partition coefficient (Wildman–Crippen LogP) is 2.85. The minimum atomic E-state index is 0.713. The summed E-state index contributed by atoms with van der Waals surface area (Å²) in [4.78, 5) is 8.42. The van der Waals surface area contributed by atoms with Crippen LogP contribution in [0.2, 0.25) is 0 Å². The summed E-state index contributed by atoms with van der Waals surface area (Å²) in [6.07, 6.45) is 5.12. The summed E-state index contributed by atoms with van der Waals surface area (Å²) in [6, 6.07) is 9.43. The molecule has 0 aliphatic carbocycles. The summed E-state index contributed by atoms with van der Waals surface area (Å²) < 4.78 is 10.2. The Bertz CT molecular complexity index is 503. The maximum Gasteiger partial charge on any atom is 0.137 e. The number of ether oxygens (including phenoxy) is 2. The molecule has 0 unspecified atom stereocenters. The maximum absolute atomic E-state index is 5.14. The molecule has 1 aromatic heterocycles. The second-order valence-corrected chi connectivity index (χ2v) is 3.62. The van der Waals surface area contributed by atoms with Gasteiger partial charge in [0, 0.05) is 24.0 Å². The number of benzene rings is 1. The molecule has 2 rings (SSSR count). The third-order valence-corrected chi connectivity index (χ3v) is 2.39. The van der Waals surface area contributed by atoms with Crippen LogP contribution >= 0.6 is 0 Å². The van der Waals surface area contributed by atoms with Crippen LogP contribution in [0.25, 0.3) is 0 Å². The Hall–Kier alpha value is -2.36. The number of rotatable bonds is 4. The molecule has 0 spiro atoms. The fourth-order valence-corrected chi connectivity index (χ4v) is 1.46. The molecule has 0 atom stereocenters. The van der Waals surface area contributed by atoms with E-state index < -0.39 is 0 Å². The Kier molecular flexibility index (Phi) is 3.91. The van der Waals surface area contributed by atoms with Crippen molar-refractivity contribution in [3.63, 3.8) is 0 Å². The van der Waals surface area contributed by atoms with Gasteiger partial charge in [0.1, 0.15) is 11.5 Å². The Morgan fingerprint density at radius 3 is 2.67 bits per heavy atom. The number of hydrogen-bond donors (Lipinski definition) is 0. The molecule has 18 heavy (non-hydrogen) atoms. The van der Waals surface area contributed by atoms with Gasteiger partial charge in [-0.3, -0.25) is 9.98 Å². The normalized spacial score (nSPS) is 10.6. The van der Waals surface area contributed by atoms with Crippen LogP contribution in [-0.2, 0) is 0 Å². The molecule has 1 aromatic carbocycles. The highest BCUT2D eigenvalue weighted by Crippen LogP contribution is 2.19. The van der Waals surface area contributed by atoms with Crippen molar-refractivity contribution < 1.29 is 9.47 Å². The molecule has 0 amide bonds. The minimum absolute atomic E-state index is 0.713. The van der Waals surface area contributed by atoms with Crippen molar-refractivity contribution in [2.45, 2.75) is 0 Å². The first kappa shape index (κ1) is 12.1. The van der Waals surface area contributed by atoms with Gasteiger partial charge in [0.05, 0.1) is 26.1 Å². The molecule has 0 N–H and O–H groups in total. The summed E-state index contributed by atoms with van der Waals surface area (Å²) in [5.41, 5.74) is 1.72. The number of nitrogens with zero attached hydrogens (tertiary/aromatic N) is 2. The van der Waals surface area contributed by atoms with Gasteiger partial charge < -0.3 is 9.47 Å². The zero-order valence-electron chi connectivity index (χ0n) is 10.3. The maximum atomic E-state index is 5.14. The summed E-state index contributed by atoms with van der Waals surface area (Å²) in [7, 11) is 3.24. The van der Waals surface area contributed by atoms with Gasteiger partial charge in [-0.25, -0.2) is 0 Å². The van der Waals surface area contributed by atoms with Crippen molar-refractivity contribution >= 4 is 11.9 Å². The molecule has 0 aliphatic heterocycles. The van der Waals surface area contributed by atoms with Crippen LogP contribution in [0.3, 0.4) is 0 Å². The zero-order chi connectivity index (χ0) is 12.8. The Balaban J connectivity index is 2.18. The van der Waals surface area contributed by atoms with Crippen LogP contribution in [0.4, 0.5) is 5.69 Å². The molecular formula is C14H14N2O2. The number of hydrogen-bond acceptors (Lipinski definition) is 4. The summed E-state index contributed by atoms with van der Waals surface area (Å²) >= 11 is 0. The lowest BCUT2D eigenvalue weighted by Gasteiger charge is -2.00. The number of methoxy groups -OCH3 is 2. The molecule has 4 heteroatoms. The Labute approximate surface area is 106 Å². The van der Waals surface area contributed by atoms with Crippen molar-refractivity contribution in [3.05, 3.63) is 48.3 Å². The SMILES string of the molecule is COc1cncc(/C=N/c2cccc(OC)c2)c1. The van der Waals surface area contributed by atoms with E-state index in [1.54, 1.807) is 32.8 Å². The van der Waals surface area contributed by atoms with Gasteiger partial charge in [-0.1, -0.05) is 6.07 Å². The van der Waals surface area contributed by atoms with E-state index in [4.69, 9.17) is 9.47 Å². The lowest BCUT2D eigenvalue weighted by Crippen LogP contribution is -1.88. The van der Waals surface area contributed by atoms with Crippen LogP contribution in [0, 0.1) is 0 Å². The lowest BCUT2D eigenvalue weighted by atomic mass is 10.3. The summed E-state index contributed by atoms with van der Waals surface area (Å²) in [6.45, 7) is 0. The fourth-order valence-electron chi connectivity index (χ4n) is 1.46. The van der Waals surface area contributed by atoms with Gasteiger partial charge in [0.25, 0.3) is 0 Å². The average molecular weight is 242 g/mol. The predicted molar refractivity (Wildman–Crippen MR) is 71.0 cm³/mol. The van der Waals surface area contributed by atoms with Gasteiger partial charge in [0.15, 0.2) is 0 Å². The molecule has 1 heterocycles. The van der Waals surface area contributed by atoms with E-state index in [0.29, 0.717) is 5.75 Å². The van der Waals surface area contributed by atoms with E-state index in [9.17, 15) is 0 Å². The Morgan fingerprint density at radius 1 is 1.06 bits per heavy atom. The smallest absolute Gasteiger partial charge is 0.137 e. The average Bonchev–Trinajstić information content (AvgIpc) is 2.45. The quantitative estimate of drug-likeness (QED) is 0.774. The third-order valence-electron chi connectivity index (χ3n) is 2.39. The monoisotopic (exact) mass is 242 g/mol. The number of pyridine rings is 1. The highest BCUT2D eigenvalue weighted by atomic mass is 16.5. The van der Waals surface area contributed by atoms with E-state index in [1.165, 1.54) is 0 Å². The first-order valence-corrected chi connectivity index (χ1v) is 5.49. The van der Waals surface area contributed by atoms with Crippen molar-refractivity contribution in [2.75, 3.05) is 14.2 Å². The molecule has 2 aromatic rings. The van der Waals surface area contributed by atoms with Crippen molar-refractivity contribution in [1.29, 1.82) is 0 Å². The van der Waals surface area contributed by atoms with Gasteiger partial charge in [-0.05, 0) is 18.2 Å². The highest BCUT2D eigenvalue weighted by molar-refractivity contribution is 5.82. The molecule has 0 aliphatic rings. The van der Waals surface area contributed by atoms with E-state index in [0.717, 1.165) is 17.0 Å². The minimum Gasteiger partial charge on any atom is -0.497 e. The van der Waals surface area contributed by atoms with E-state index in [-0.39, 0.29) is 0 Å². The highest BCUT2D eigenvalue weighted by Gasteiger charge is 1.95. The van der Waals surface area contributed by atoms with Crippen LogP contribution in [0.15, 0.2) is 47.7 Å². The molecule has 0 saturated carbocycles. The second-order valence-electron chi connectivity index (χ2n) is 3.62. The topological polar surface area (TPSA) is 43.7 Å². The number of aromatic nitrogens is 1. The van der Waals surface area contributed by atoms with E-state index in [2.05, 4.69) is 9.98 Å². The second kappa shape index (κ2) is 5.82. The zero-order valence-corrected chi connectivity index (χ0v) is 10.3.